The van der Waals surface area contributed by atoms with Gasteiger partial charge in [-0.2, -0.15) is 5.10 Å². The normalized spacial score (nSPS) is 10.2. The second-order valence-electron chi connectivity index (χ2n) is 4.79. The number of hydrogen-bond acceptors (Lipinski definition) is 2. The average molecular weight is 292 g/mol. The molecule has 22 heavy (non-hydrogen) atoms. The number of carbonyl (C=O) groups excluding carboxylic acids is 1. The van der Waals surface area contributed by atoms with Crippen LogP contribution in [0.15, 0.2) is 73.1 Å². The van der Waals surface area contributed by atoms with E-state index in [1.54, 1.807) is 10.9 Å². The van der Waals surface area contributed by atoms with Crippen LogP contribution in [-0.4, -0.2) is 15.8 Å². The van der Waals surface area contributed by atoms with E-state index in [1.807, 2.05) is 66.9 Å². The Morgan fingerprint density at radius 3 is 2.68 bits per heavy atom. The summed E-state index contributed by atoms with van der Waals surface area (Å²) in [5, 5.41) is 9.82. The Bertz CT molecular complexity index is 738. The fourth-order valence-electron chi connectivity index (χ4n) is 2.10. The maximum atomic E-state index is 11.9. The fraction of sp³-hybridized carbons (Fsp3) is 0.0588. The van der Waals surface area contributed by atoms with Gasteiger partial charge >= 0.3 is 6.03 Å². The molecule has 0 saturated carbocycles. The molecule has 3 aromatic rings. The Labute approximate surface area is 128 Å². The summed E-state index contributed by atoms with van der Waals surface area (Å²) in [6.07, 6.45) is 3.57. The number of nitrogens with one attached hydrogen (secondary N) is 2. The van der Waals surface area contributed by atoms with Crippen LogP contribution in [0.3, 0.4) is 0 Å². The number of benzene rings is 2. The highest BCUT2D eigenvalue weighted by atomic mass is 16.2. The number of aromatic nitrogens is 2. The van der Waals surface area contributed by atoms with Gasteiger partial charge in [0.2, 0.25) is 0 Å². The van der Waals surface area contributed by atoms with Crippen LogP contribution >= 0.6 is 0 Å². The Balaban J connectivity index is 1.61. The second kappa shape index (κ2) is 6.58. The zero-order chi connectivity index (χ0) is 15.2. The van der Waals surface area contributed by atoms with Crippen molar-refractivity contribution in [2.75, 3.05) is 5.32 Å². The number of hydrogen-bond donors (Lipinski definition) is 2. The molecule has 110 valence electrons. The van der Waals surface area contributed by atoms with Gasteiger partial charge in [-0.1, -0.05) is 36.4 Å². The number of rotatable bonds is 4. The molecule has 0 atom stereocenters. The molecule has 2 aromatic carbocycles. The first-order chi connectivity index (χ1) is 10.8. The molecule has 0 aliphatic heterocycles. The molecule has 5 nitrogen and oxygen atoms in total. The van der Waals surface area contributed by atoms with Gasteiger partial charge in [0.25, 0.3) is 0 Å². The van der Waals surface area contributed by atoms with Gasteiger partial charge in [0.05, 0.1) is 5.69 Å². The zero-order valence-electron chi connectivity index (χ0n) is 11.9. The molecule has 0 aliphatic carbocycles. The van der Waals surface area contributed by atoms with Crippen LogP contribution < -0.4 is 10.6 Å². The lowest BCUT2D eigenvalue weighted by molar-refractivity contribution is 0.251. The van der Waals surface area contributed by atoms with Crippen molar-refractivity contribution >= 4 is 11.7 Å². The summed E-state index contributed by atoms with van der Waals surface area (Å²) in [4.78, 5) is 11.9. The van der Waals surface area contributed by atoms with Gasteiger partial charge in [-0.3, -0.25) is 0 Å². The number of amides is 2. The van der Waals surface area contributed by atoms with E-state index in [0.29, 0.717) is 6.54 Å². The van der Waals surface area contributed by atoms with Crippen LogP contribution in [0, 0.1) is 0 Å². The molecule has 0 saturated heterocycles. The maximum absolute atomic E-state index is 11.9. The number of urea groups is 1. The molecule has 0 aliphatic rings. The van der Waals surface area contributed by atoms with Crippen LogP contribution in [0.25, 0.3) is 5.69 Å². The van der Waals surface area contributed by atoms with E-state index in [1.165, 1.54) is 0 Å². The van der Waals surface area contributed by atoms with Crippen molar-refractivity contribution in [3.63, 3.8) is 0 Å². The molecule has 2 amide bonds. The highest BCUT2D eigenvalue weighted by Gasteiger charge is 2.03. The Morgan fingerprint density at radius 1 is 1.05 bits per heavy atom. The van der Waals surface area contributed by atoms with Crippen LogP contribution in [0.4, 0.5) is 10.5 Å². The summed E-state index contributed by atoms with van der Waals surface area (Å²) in [7, 11) is 0. The molecule has 0 radical (unpaired) electrons. The van der Waals surface area contributed by atoms with Crippen molar-refractivity contribution in [2.45, 2.75) is 6.54 Å². The third kappa shape index (κ3) is 3.52. The van der Waals surface area contributed by atoms with Gasteiger partial charge in [-0.25, -0.2) is 9.48 Å². The van der Waals surface area contributed by atoms with E-state index in [0.717, 1.165) is 16.9 Å². The molecule has 0 unspecified atom stereocenters. The third-order valence-electron chi connectivity index (χ3n) is 3.17. The third-order valence-corrected chi connectivity index (χ3v) is 3.17. The molecule has 0 fully saturated rings. The summed E-state index contributed by atoms with van der Waals surface area (Å²) < 4.78 is 1.74. The lowest BCUT2D eigenvalue weighted by Gasteiger charge is -2.09. The monoisotopic (exact) mass is 292 g/mol. The highest BCUT2D eigenvalue weighted by Crippen LogP contribution is 2.13. The van der Waals surface area contributed by atoms with Crippen LogP contribution in [-0.2, 0) is 6.54 Å². The minimum Gasteiger partial charge on any atom is -0.334 e. The molecular formula is C17H16N4O. The first-order valence-corrected chi connectivity index (χ1v) is 7.00. The topological polar surface area (TPSA) is 59.0 Å². The van der Waals surface area contributed by atoms with E-state index < -0.39 is 0 Å². The molecule has 1 heterocycles. The van der Waals surface area contributed by atoms with Gasteiger partial charge in [0.15, 0.2) is 0 Å². The predicted octanol–water partition coefficient (Wildman–Crippen LogP) is 3.19. The lowest BCUT2D eigenvalue weighted by atomic mass is 10.2. The smallest absolute Gasteiger partial charge is 0.319 e. The minimum absolute atomic E-state index is 0.235. The number of nitrogens with zero attached hydrogens (tertiary/aromatic N) is 2. The Hall–Kier alpha value is -3.08. The van der Waals surface area contributed by atoms with Crippen molar-refractivity contribution < 1.29 is 4.79 Å². The molecule has 0 spiro atoms. The first kappa shape index (κ1) is 13.9. The molecular weight excluding hydrogens is 276 g/mol. The second-order valence-corrected chi connectivity index (χ2v) is 4.79. The SMILES string of the molecule is O=C(NCc1ccccc1)Nc1cccc(-n2cccn2)c1. The molecule has 0 bridgehead atoms. The summed E-state index contributed by atoms with van der Waals surface area (Å²) in [6, 6.07) is 18.9. The van der Waals surface area contributed by atoms with Gasteiger partial charge < -0.3 is 10.6 Å². The zero-order valence-corrected chi connectivity index (χ0v) is 11.9. The van der Waals surface area contributed by atoms with Gasteiger partial charge in [-0.15, -0.1) is 0 Å². The van der Waals surface area contributed by atoms with E-state index >= 15 is 0 Å². The van der Waals surface area contributed by atoms with E-state index in [-0.39, 0.29) is 6.03 Å². The standard InChI is InChI=1S/C17H16N4O/c22-17(18-13-14-6-2-1-3-7-14)20-15-8-4-9-16(12-15)21-11-5-10-19-21/h1-12H,13H2,(H2,18,20,22). The van der Waals surface area contributed by atoms with E-state index in [2.05, 4.69) is 15.7 Å². The fourth-order valence-corrected chi connectivity index (χ4v) is 2.10. The van der Waals surface area contributed by atoms with Crippen LogP contribution in [0.5, 0.6) is 0 Å². The molecule has 5 heteroatoms. The van der Waals surface area contributed by atoms with Crippen molar-refractivity contribution in [2.24, 2.45) is 0 Å². The van der Waals surface area contributed by atoms with Gasteiger partial charge in [0, 0.05) is 24.6 Å². The number of anilines is 1. The minimum atomic E-state index is -0.235. The summed E-state index contributed by atoms with van der Waals surface area (Å²) in [6.45, 7) is 0.492. The van der Waals surface area contributed by atoms with Gasteiger partial charge in [-0.05, 0) is 29.8 Å². The number of carbonyl (C=O) groups is 1. The van der Waals surface area contributed by atoms with Crippen molar-refractivity contribution in [3.05, 3.63) is 78.6 Å². The van der Waals surface area contributed by atoms with E-state index in [4.69, 9.17) is 0 Å². The average Bonchev–Trinajstić information content (AvgIpc) is 3.09. The summed E-state index contributed by atoms with van der Waals surface area (Å²) >= 11 is 0. The lowest BCUT2D eigenvalue weighted by Crippen LogP contribution is -2.28. The van der Waals surface area contributed by atoms with Crippen LogP contribution in [0.2, 0.25) is 0 Å². The summed E-state index contributed by atoms with van der Waals surface area (Å²) in [5.41, 5.74) is 2.67. The van der Waals surface area contributed by atoms with Crippen LogP contribution in [0.1, 0.15) is 5.56 Å². The van der Waals surface area contributed by atoms with Gasteiger partial charge in [0.1, 0.15) is 0 Å². The van der Waals surface area contributed by atoms with Crippen molar-refractivity contribution in [3.8, 4) is 5.69 Å². The quantitative estimate of drug-likeness (QED) is 0.776. The largest absolute Gasteiger partial charge is 0.334 e. The van der Waals surface area contributed by atoms with Crippen molar-refractivity contribution in [1.82, 2.24) is 15.1 Å². The summed E-state index contributed by atoms with van der Waals surface area (Å²) in [5.74, 6) is 0. The first-order valence-electron chi connectivity index (χ1n) is 7.00. The molecule has 1 aromatic heterocycles. The molecule has 3 rings (SSSR count). The Kier molecular flexibility index (Phi) is 4.15. The Morgan fingerprint density at radius 2 is 1.91 bits per heavy atom. The highest BCUT2D eigenvalue weighted by molar-refractivity contribution is 5.89. The predicted molar refractivity (Wildman–Crippen MR) is 85.9 cm³/mol. The van der Waals surface area contributed by atoms with E-state index in [9.17, 15) is 4.79 Å². The molecule has 2 N–H and O–H groups in total. The van der Waals surface area contributed by atoms with Crippen molar-refractivity contribution in [1.29, 1.82) is 0 Å². The maximum Gasteiger partial charge on any atom is 0.319 e.